The molecule has 3 nitrogen and oxygen atoms in total. The Balaban J connectivity index is 2.28. The Morgan fingerprint density at radius 2 is 2.12 bits per heavy atom. The number of benzene rings is 1. The zero-order valence-corrected chi connectivity index (χ0v) is 9.24. The molecule has 0 unspecified atom stereocenters. The number of pyridine rings is 1. The monoisotopic (exact) mass is 227 g/mol. The van der Waals surface area contributed by atoms with Crippen molar-refractivity contribution >= 4 is 11.5 Å². The molecule has 1 aromatic heterocycles. The van der Waals surface area contributed by atoms with Crippen molar-refractivity contribution in [2.24, 2.45) is 0 Å². The molecule has 4 heteroatoms. The van der Waals surface area contributed by atoms with E-state index in [-0.39, 0.29) is 5.82 Å². The summed E-state index contributed by atoms with van der Waals surface area (Å²) in [5.41, 5.74) is 1.90. The van der Waals surface area contributed by atoms with Crippen LogP contribution in [0.1, 0.15) is 11.3 Å². The van der Waals surface area contributed by atoms with Crippen LogP contribution in [-0.4, -0.2) is 4.98 Å². The third kappa shape index (κ3) is 2.58. The fourth-order valence-corrected chi connectivity index (χ4v) is 1.47. The smallest absolute Gasteiger partial charge is 0.142 e. The van der Waals surface area contributed by atoms with Crippen LogP contribution in [0, 0.1) is 24.1 Å². The average molecular weight is 227 g/mol. The molecule has 2 rings (SSSR count). The van der Waals surface area contributed by atoms with Crippen molar-refractivity contribution in [2.45, 2.75) is 6.92 Å². The third-order valence-corrected chi connectivity index (χ3v) is 2.31. The quantitative estimate of drug-likeness (QED) is 0.857. The molecule has 1 aromatic carbocycles. The summed E-state index contributed by atoms with van der Waals surface area (Å²) in [6.45, 7) is 1.81. The van der Waals surface area contributed by atoms with Gasteiger partial charge in [0, 0.05) is 5.69 Å². The number of nitrogens with zero attached hydrogens (tertiary/aromatic N) is 2. The number of aryl methyl sites for hydroxylation is 1. The van der Waals surface area contributed by atoms with Gasteiger partial charge in [-0.2, -0.15) is 5.26 Å². The normalized spacial score (nSPS) is 9.71. The second kappa shape index (κ2) is 4.62. The van der Waals surface area contributed by atoms with Gasteiger partial charge in [0.05, 0.1) is 0 Å². The van der Waals surface area contributed by atoms with Crippen LogP contribution in [-0.2, 0) is 0 Å². The Morgan fingerprint density at radius 1 is 1.29 bits per heavy atom. The number of rotatable bonds is 2. The van der Waals surface area contributed by atoms with Crippen LogP contribution >= 0.6 is 0 Å². The van der Waals surface area contributed by atoms with Crippen LogP contribution in [0.3, 0.4) is 0 Å². The maximum Gasteiger partial charge on any atom is 0.142 e. The van der Waals surface area contributed by atoms with Gasteiger partial charge in [0.15, 0.2) is 0 Å². The fraction of sp³-hybridized carbons (Fsp3) is 0.0769. The van der Waals surface area contributed by atoms with Gasteiger partial charge in [0.25, 0.3) is 0 Å². The molecule has 84 valence electrons. The molecule has 0 radical (unpaired) electrons. The largest absolute Gasteiger partial charge is 0.340 e. The maximum absolute atomic E-state index is 12.9. The lowest BCUT2D eigenvalue weighted by molar-refractivity contribution is 0.627. The number of halogens is 1. The van der Waals surface area contributed by atoms with Gasteiger partial charge in [0.2, 0.25) is 0 Å². The molecule has 17 heavy (non-hydrogen) atoms. The van der Waals surface area contributed by atoms with Crippen LogP contribution < -0.4 is 5.32 Å². The van der Waals surface area contributed by atoms with Crippen molar-refractivity contribution in [3.05, 3.63) is 53.5 Å². The highest BCUT2D eigenvalue weighted by Gasteiger charge is 2.02. The Morgan fingerprint density at radius 3 is 2.82 bits per heavy atom. The van der Waals surface area contributed by atoms with E-state index in [9.17, 15) is 4.39 Å². The number of hydrogen-bond acceptors (Lipinski definition) is 3. The second-order valence-electron chi connectivity index (χ2n) is 3.60. The van der Waals surface area contributed by atoms with Crippen molar-refractivity contribution in [2.75, 3.05) is 5.32 Å². The minimum Gasteiger partial charge on any atom is -0.340 e. The van der Waals surface area contributed by atoms with Crippen LogP contribution in [0.5, 0.6) is 0 Å². The number of aromatic nitrogens is 1. The summed E-state index contributed by atoms with van der Waals surface area (Å²) in [5.74, 6) is 0.297. The number of nitrogens with one attached hydrogen (secondary N) is 1. The van der Waals surface area contributed by atoms with Gasteiger partial charge >= 0.3 is 0 Å². The first-order valence-electron chi connectivity index (χ1n) is 5.09. The summed E-state index contributed by atoms with van der Waals surface area (Å²) >= 11 is 0. The van der Waals surface area contributed by atoms with Gasteiger partial charge in [-0.25, -0.2) is 9.37 Å². The molecule has 1 N–H and O–H groups in total. The van der Waals surface area contributed by atoms with Gasteiger partial charge in [-0.3, -0.25) is 0 Å². The van der Waals surface area contributed by atoms with E-state index in [0.29, 0.717) is 11.5 Å². The van der Waals surface area contributed by atoms with Gasteiger partial charge in [-0.1, -0.05) is 6.07 Å². The average Bonchev–Trinajstić information content (AvgIpc) is 2.33. The first kappa shape index (κ1) is 11.1. The number of hydrogen-bond donors (Lipinski definition) is 1. The highest BCUT2D eigenvalue weighted by Crippen LogP contribution is 2.19. The van der Waals surface area contributed by atoms with Gasteiger partial charge in [0.1, 0.15) is 23.4 Å². The van der Waals surface area contributed by atoms with Gasteiger partial charge in [-0.15, -0.1) is 0 Å². The predicted molar refractivity (Wildman–Crippen MR) is 63.4 cm³/mol. The van der Waals surface area contributed by atoms with Crippen LogP contribution in [0.25, 0.3) is 0 Å². The van der Waals surface area contributed by atoms with Crippen molar-refractivity contribution in [3.8, 4) is 6.07 Å². The Labute approximate surface area is 98.5 Å². The van der Waals surface area contributed by atoms with Crippen molar-refractivity contribution in [1.82, 2.24) is 4.98 Å². The van der Waals surface area contributed by atoms with E-state index in [4.69, 9.17) is 5.26 Å². The summed E-state index contributed by atoms with van der Waals surface area (Å²) in [4.78, 5) is 4.08. The van der Waals surface area contributed by atoms with E-state index in [1.807, 2.05) is 6.07 Å². The molecule has 2 aromatic rings. The molecule has 0 bridgehead atoms. The summed E-state index contributed by atoms with van der Waals surface area (Å²) in [6, 6.07) is 11.6. The topological polar surface area (TPSA) is 48.7 Å². The van der Waals surface area contributed by atoms with Crippen LogP contribution in [0.15, 0.2) is 36.4 Å². The third-order valence-electron chi connectivity index (χ3n) is 2.31. The van der Waals surface area contributed by atoms with E-state index < -0.39 is 0 Å². The van der Waals surface area contributed by atoms with Gasteiger partial charge < -0.3 is 5.32 Å². The molecule has 0 spiro atoms. The Kier molecular flexibility index (Phi) is 3.01. The van der Waals surface area contributed by atoms with Crippen molar-refractivity contribution < 1.29 is 4.39 Å². The molecule has 0 saturated carbocycles. The minimum absolute atomic E-state index is 0.271. The maximum atomic E-state index is 12.9. The summed E-state index contributed by atoms with van der Waals surface area (Å²) < 4.78 is 12.9. The molecule has 1 heterocycles. The molecule has 0 atom stereocenters. The molecule has 0 amide bonds. The van der Waals surface area contributed by atoms with Crippen LogP contribution in [0.2, 0.25) is 0 Å². The summed E-state index contributed by atoms with van der Waals surface area (Å²) in [5, 5.41) is 11.8. The zero-order valence-electron chi connectivity index (χ0n) is 9.24. The molecule has 0 saturated heterocycles. The van der Waals surface area contributed by atoms with Crippen LogP contribution in [0.4, 0.5) is 15.9 Å². The number of nitriles is 1. The Hall–Kier alpha value is -2.41. The molecule has 0 aliphatic rings. The molecular formula is C13H10FN3. The summed E-state index contributed by atoms with van der Waals surface area (Å²) in [7, 11) is 0. The first-order chi connectivity index (χ1) is 8.19. The van der Waals surface area contributed by atoms with E-state index >= 15 is 0 Å². The van der Waals surface area contributed by atoms with E-state index in [0.717, 1.165) is 11.3 Å². The highest BCUT2D eigenvalue weighted by molar-refractivity contribution is 5.60. The minimum atomic E-state index is -0.271. The van der Waals surface area contributed by atoms with Gasteiger partial charge in [-0.05, 0) is 42.8 Å². The highest BCUT2D eigenvalue weighted by atomic mass is 19.1. The van der Waals surface area contributed by atoms with E-state index in [1.54, 1.807) is 31.2 Å². The van der Waals surface area contributed by atoms with E-state index in [1.165, 1.54) is 12.1 Å². The SMILES string of the molecule is Cc1cc(F)ccc1Nc1cccc(C#N)n1. The predicted octanol–water partition coefficient (Wildman–Crippen LogP) is 3.14. The summed E-state index contributed by atoms with van der Waals surface area (Å²) in [6.07, 6.45) is 0. The van der Waals surface area contributed by atoms with Crippen molar-refractivity contribution in [1.29, 1.82) is 5.26 Å². The lowest BCUT2D eigenvalue weighted by Crippen LogP contribution is -1.97. The lowest BCUT2D eigenvalue weighted by atomic mass is 10.2. The Bertz CT molecular complexity index is 587. The molecule has 0 fully saturated rings. The zero-order chi connectivity index (χ0) is 12.3. The standard InChI is InChI=1S/C13H10FN3/c1-9-7-10(14)5-6-12(9)17-13-4-2-3-11(8-15)16-13/h2-7H,1H3,(H,16,17). The number of anilines is 2. The van der Waals surface area contributed by atoms with Crippen molar-refractivity contribution in [3.63, 3.8) is 0 Å². The molecular weight excluding hydrogens is 217 g/mol. The molecule has 0 aliphatic heterocycles. The molecule has 0 aliphatic carbocycles. The lowest BCUT2D eigenvalue weighted by Gasteiger charge is -2.08. The fourth-order valence-electron chi connectivity index (χ4n) is 1.47. The first-order valence-corrected chi connectivity index (χ1v) is 5.09. The second-order valence-corrected chi connectivity index (χ2v) is 3.60. The van der Waals surface area contributed by atoms with E-state index in [2.05, 4.69) is 10.3 Å².